The van der Waals surface area contributed by atoms with Crippen LogP contribution in [-0.2, 0) is 26.2 Å². The van der Waals surface area contributed by atoms with Gasteiger partial charge in [0.15, 0.2) is 6.61 Å². The van der Waals surface area contributed by atoms with Crippen molar-refractivity contribution in [2.24, 2.45) is 5.92 Å². The summed E-state index contributed by atoms with van der Waals surface area (Å²) in [5.74, 6) is -0.446. The number of nitrogens with zero attached hydrogens (tertiary/aromatic N) is 1. The minimum absolute atomic E-state index is 0.0676. The van der Waals surface area contributed by atoms with Gasteiger partial charge < -0.3 is 15.4 Å². The Morgan fingerprint density at radius 2 is 2.06 bits per heavy atom. The van der Waals surface area contributed by atoms with Crippen molar-refractivity contribution in [3.05, 3.63) is 53.6 Å². The van der Waals surface area contributed by atoms with Crippen LogP contribution in [0.1, 0.15) is 24.0 Å². The molecule has 0 radical (unpaired) electrons. The van der Waals surface area contributed by atoms with Gasteiger partial charge in [0.25, 0.3) is 5.91 Å². The van der Waals surface area contributed by atoms with E-state index < -0.39 is 15.9 Å². The fourth-order valence-corrected chi connectivity index (χ4v) is 5.43. The summed E-state index contributed by atoms with van der Waals surface area (Å²) < 4.78 is 33.0. The molecule has 0 saturated carbocycles. The third-order valence-corrected chi connectivity index (χ3v) is 7.55. The predicted octanol–water partition coefficient (Wildman–Crippen LogP) is 2.04. The molecule has 31 heavy (non-hydrogen) atoms. The molecule has 0 aromatic heterocycles. The number of carbonyl (C=O) groups is 2. The summed E-state index contributed by atoms with van der Waals surface area (Å²) in [5.41, 5.74) is 2.47. The molecule has 1 saturated heterocycles. The lowest BCUT2D eigenvalue weighted by Crippen LogP contribution is -2.45. The SMILES string of the molecule is Cc1ccccc1CNC(=O)[C@H]1CCCN(S(=O)(=O)c2ccc3c(c2)NC(=O)CO3)C1. The molecule has 1 atom stereocenters. The van der Waals surface area contributed by atoms with E-state index in [0.717, 1.165) is 11.1 Å². The van der Waals surface area contributed by atoms with E-state index in [1.165, 1.54) is 22.5 Å². The average molecular weight is 444 g/mol. The van der Waals surface area contributed by atoms with Crippen molar-refractivity contribution >= 4 is 27.5 Å². The Bertz CT molecular complexity index is 1120. The number of rotatable bonds is 5. The van der Waals surface area contributed by atoms with Crippen LogP contribution in [0.15, 0.2) is 47.4 Å². The summed E-state index contributed by atoms with van der Waals surface area (Å²) in [7, 11) is -3.81. The normalized spacial score (nSPS) is 19.1. The topological polar surface area (TPSA) is 105 Å². The smallest absolute Gasteiger partial charge is 0.262 e. The zero-order valence-electron chi connectivity index (χ0n) is 17.3. The summed E-state index contributed by atoms with van der Waals surface area (Å²) in [5, 5.41) is 5.57. The van der Waals surface area contributed by atoms with Crippen LogP contribution < -0.4 is 15.4 Å². The van der Waals surface area contributed by atoms with Gasteiger partial charge in [0.1, 0.15) is 5.75 Å². The highest BCUT2D eigenvalue weighted by atomic mass is 32.2. The number of anilines is 1. The van der Waals surface area contributed by atoms with Crippen molar-refractivity contribution in [3.8, 4) is 5.75 Å². The van der Waals surface area contributed by atoms with Crippen LogP contribution in [0.2, 0.25) is 0 Å². The van der Waals surface area contributed by atoms with E-state index in [4.69, 9.17) is 4.74 Å². The van der Waals surface area contributed by atoms with Gasteiger partial charge in [-0.2, -0.15) is 4.31 Å². The summed E-state index contributed by atoms with van der Waals surface area (Å²) in [4.78, 5) is 24.3. The van der Waals surface area contributed by atoms with Crippen molar-refractivity contribution < 1.29 is 22.7 Å². The molecule has 0 spiro atoms. The molecule has 2 N–H and O–H groups in total. The van der Waals surface area contributed by atoms with E-state index in [1.54, 1.807) is 0 Å². The van der Waals surface area contributed by atoms with Gasteiger partial charge in [0.2, 0.25) is 15.9 Å². The summed E-state index contributed by atoms with van der Waals surface area (Å²) in [6.45, 7) is 2.79. The number of benzene rings is 2. The molecule has 9 heteroatoms. The highest BCUT2D eigenvalue weighted by molar-refractivity contribution is 7.89. The first-order valence-electron chi connectivity index (χ1n) is 10.2. The van der Waals surface area contributed by atoms with Crippen molar-refractivity contribution in [3.63, 3.8) is 0 Å². The quantitative estimate of drug-likeness (QED) is 0.736. The average Bonchev–Trinajstić information content (AvgIpc) is 2.78. The van der Waals surface area contributed by atoms with Gasteiger partial charge >= 0.3 is 0 Å². The highest BCUT2D eigenvalue weighted by Crippen LogP contribution is 2.32. The first-order valence-corrected chi connectivity index (χ1v) is 11.7. The number of ether oxygens (including phenoxy) is 1. The Labute approximate surface area is 181 Å². The van der Waals surface area contributed by atoms with E-state index >= 15 is 0 Å². The zero-order chi connectivity index (χ0) is 22.0. The van der Waals surface area contributed by atoms with Gasteiger partial charge in [0.05, 0.1) is 16.5 Å². The van der Waals surface area contributed by atoms with E-state index in [1.807, 2.05) is 31.2 Å². The maximum absolute atomic E-state index is 13.2. The standard InChI is InChI=1S/C22H25N3O5S/c1-15-5-2-3-6-16(15)12-23-22(27)17-7-4-10-25(13-17)31(28,29)18-8-9-20-19(11-18)24-21(26)14-30-20/h2-3,5-6,8-9,11,17H,4,7,10,12-14H2,1H3,(H,23,27)(H,24,26)/t17-/m0/s1. The largest absolute Gasteiger partial charge is 0.482 e. The number of nitrogens with one attached hydrogen (secondary N) is 2. The molecule has 0 bridgehead atoms. The second kappa shape index (κ2) is 8.68. The third kappa shape index (κ3) is 4.57. The van der Waals surface area contributed by atoms with Crippen LogP contribution in [0.4, 0.5) is 5.69 Å². The Kier molecular flexibility index (Phi) is 5.97. The molecule has 0 unspecified atom stereocenters. The van der Waals surface area contributed by atoms with Crippen molar-refractivity contribution in [1.29, 1.82) is 0 Å². The minimum Gasteiger partial charge on any atom is -0.482 e. The lowest BCUT2D eigenvalue weighted by molar-refractivity contribution is -0.126. The van der Waals surface area contributed by atoms with Crippen LogP contribution >= 0.6 is 0 Å². The monoisotopic (exact) mass is 443 g/mol. The van der Waals surface area contributed by atoms with Crippen LogP contribution in [0, 0.1) is 12.8 Å². The van der Waals surface area contributed by atoms with E-state index in [0.29, 0.717) is 37.4 Å². The molecular weight excluding hydrogens is 418 g/mol. The molecule has 164 valence electrons. The van der Waals surface area contributed by atoms with Crippen molar-refractivity contribution in [2.45, 2.75) is 31.2 Å². The molecule has 2 aromatic rings. The van der Waals surface area contributed by atoms with Crippen molar-refractivity contribution in [1.82, 2.24) is 9.62 Å². The van der Waals surface area contributed by atoms with Gasteiger partial charge in [0, 0.05) is 19.6 Å². The van der Waals surface area contributed by atoms with Crippen LogP contribution in [-0.4, -0.2) is 44.2 Å². The number of fused-ring (bicyclic) bond motifs is 1. The van der Waals surface area contributed by atoms with Gasteiger partial charge in [-0.3, -0.25) is 9.59 Å². The van der Waals surface area contributed by atoms with Gasteiger partial charge in [-0.05, 0) is 49.1 Å². The number of hydrogen-bond donors (Lipinski definition) is 2. The molecule has 2 heterocycles. The van der Waals surface area contributed by atoms with E-state index in [9.17, 15) is 18.0 Å². The van der Waals surface area contributed by atoms with Crippen LogP contribution in [0.5, 0.6) is 5.75 Å². The number of carbonyl (C=O) groups excluding carboxylic acids is 2. The number of sulfonamides is 1. The molecule has 8 nitrogen and oxygen atoms in total. The molecule has 2 aromatic carbocycles. The molecule has 2 aliphatic heterocycles. The number of hydrogen-bond acceptors (Lipinski definition) is 5. The molecule has 0 aliphatic carbocycles. The number of piperidine rings is 1. The Morgan fingerprint density at radius 3 is 2.87 bits per heavy atom. The Morgan fingerprint density at radius 1 is 1.26 bits per heavy atom. The second-order valence-electron chi connectivity index (χ2n) is 7.84. The fourth-order valence-electron chi connectivity index (χ4n) is 3.88. The van der Waals surface area contributed by atoms with Gasteiger partial charge in [-0.1, -0.05) is 24.3 Å². The number of amides is 2. The van der Waals surface area contributed by atoms with E-state index in [-0.39, 0.29) is 29.9 Å². The third-order valence-electron chi connectivity index (χ3n) is 5.69. The molecule has 4 rings (SSSR count). The highest BCUT2D eigenvalue weighted by Gasteiger charge is 2.34. The summed E-state index contributed by atoms with van der Waals surface area (Å²) in [6.07, 6.45) is 1.24. The first-order chi connectivity index (χ1) is 14.8. The molecule has 2 aliphatic rings. The van der Waals surface area contributed by atoms with Gasteiger partial charge in [-0.25, -0.2) is 8.42 Å². The Hall–Kier alpha value is -2.91. The van der Waals surface area contributed by atoms with Crippen LogP contribution in [0.25, 0.3) is 0 Å². The lowest BCUT2D eigenvalue weighted by atomic mass is 9.98. The number of aryl methyl sites for hydroxylation is 1. The summed E-state index contributed by atoms with van der Waals surface area (Å²) >= 11 is 0. The lowest BCUT2D eigenvalue weighted by Gasteiger charge is -2.31. The maximum Gasteiger partial charge on any atom is 0.262 e. The summed E-state index contributed by atoms with van der Waals surface area (Å²) in [6, 6.07) is 12.2. The molecular formula is C22H25N3O5S. The Balaban J connectivity index is 1.45. The first kappa shape index (κ1) is 21.3. The second-order valence-corrected chi connectivity index (χ2v) is 9.78. The van der Waals surface area contributed by atoms with Gasteiger partial charge in [-0.15, -0.1) is 0 Å². The predicted molar refractivity (Wildman–Crippen MR) is 115 cm³/mol. The maximum atomic E-state index is 13.2. The van der Waals surface area contributed by atoms with E-state index in [2.05, 4.69) is 10.6 Å². The minimum atomic E-state index is -3.81. The molecule has 2 amide bonds. The fraction of sp³-hybridized carbons (Fsp3) is 0.364. The molecule has 1 fully saturated rings. The van der Waals surface area contributed by atoms with Crippen molar-refractivity contribution in [2.75, 3.05) is 25.0 Å². The zero-order valence-corrected chi connectivity index (χ0v) is 18.1. The van der Waals surface area contributed by atoms with Crippen LogP contribution in [0.3, 0.4) is 0 Å².